The van der Waals surface area contributed by atoms with Gasteiger partial charge in [-0.05, 0) is 32.6 Å². The summed E-state index contributed by atoms with van der Waals surface area (Å²) in [7, 11) is 0. The van der Waals surface area contributed by atoms with Crippen molar-refractivity contribution in [3.05, 3.63) is 15.6 Å². The number of thiazole rings is 1. The quantitative estimate of drug-likeness (QED) is 0.833. The molecule has 1 aromatic rings. The molecule has 1 aromatic heterocycles. The molecule has 3 heteroatoms. The van der Waals surface area contributed by atoms with E-state index in [1.165, 1.54) is 6.42 Å². The number of nitrogens with zero attached hydrogens (tertiary/aromatic N) is 1. The molecule has 0 aliphatic heterocycles. The van der Waals surface area contributed by atoms with E-state index < -0.39 is 0 Å². The summed E-state index contributed by atoms with van der Waals surface area (Å²) < 4.78 is 0. The Morgan fingerprint density at radius 1 is 1.36 bits per heavy atom. The van der Waals surface area contributed by atoms with E-state index >= 15 is 0 Å². The molecule has 0 aliphatic carbocycles. The molecule has 80 valence electrons. The Bertz CT molecular complexity index is 291. The average Bonchev–Trinajstić information content (AvgIpc) is 2.43. The van der Waals surface area contributed by atoms with Crippen LogP contribution >= 0.6 is 11.3 Å². The lowest BCUT2D eigenvalue weighted by atomic mass is 10.1. The van der Waals surface area contributed by atoms with Gasteiger partial charge in [-0.2, -0.15) is 0 Å². The topological polar surface area (TPSA) is 33.1 Å². The van der Waals surface area contributed by atoms with Crippen molar-refractivity contribution >= 4 is 11.3 Å². The molecule has 1 N–H and O–H groups in total. The van der Waals surface area contributed by atoms with E-state index in [1.54, 1.807) is 18.3 Å². The van der Waals surface area contributed by atoms with Crippen LogP contribution in [-0.2, 0) is 6.42 Å². The molecule has 1 unspecified atom stereocenters. The fraction of sp³-hybridized carbons (Fsp3) is 0.727. The minimum absolute atomic E-state index is 0.375. The van der Waals surface area contributed by atoms with Crippen LogP contribution in [0, 0.1) is 12.8 Å². The lowest BCUT2D eigenvalue weighted by Gasteiger charge is -2.00. The van der Waals surface area contributed by atoms with Crippen LogP contribution in [0.5, 0.6) is 0 Å². The van der Waals surface area contributed by atoms with E-state index in [9.17, 15) is 5.11 Å². The van der Waals surface area contributed by atoms with Crippen LogP contribution in [-0.4, -0.2) is 10.1 Å². The number of hydrogen-bond donors (Lipinski definition) is 1. The summed E-state index contributed by atoms with van der Waals surface area (Å²) in [5.74, 6) is 0.717. The highest BCUT2D eigenvalue weighted by Gasteiger charge is 2.11. The van der Waals surface area contributed by atoms with Gasteiger partial charge >= 0.3 is 0 Å². The zero-order chi connectivity index (χ0) is 10.7. The normalized spacial score (nSPS) is 13.6. The lowest BCUT2D eigenvalue weighted by molar-refractivity contribution is 0.202. The Kier molecular flexibility index (Phi) is 4.08. The third-order valence-electron chi connectivity index (χ3n) is 2.19. The summed E-state index contributed by atoms with van der Waals surface area (Å²) in [5, 5.41) is 10.6. The van der Waals surface area contributed by atoms with Gasteiger partial charge in [-0.1, -0.05) is 13.8 Å². The zero-order valence-electron chi connectivity index (χ0n) is 9.37. The minimum atomic E-state index is -0.375. The molecule has 0 fully saturated rings. The molecule has 0 saturated carbocycles. The summed E-state index contributed by atoms with van der Waals surface area (Å²) in [4.78, 5) is 5.48. The van der Waals surface area contributed by atoms with Crippen molar-refractivity contribution in [2.24, 2.45) is 5.92 Å². The van der Waals surface area contributed by atoms with Gasteiger partial charge in [-0.3, -0.25) is 0 Å². The largest absolute Gasteiger partial charge is 0.388 e. The maximum atomic E-state index is 9.47. The van der Waals surface area contributed by atoms with E-state index in [0.29, 0.717) is 5.92 Å². The average molecular weight is 213 g/mol. The monoisotopic (exact) mass is 213 g/mol. The van der Waals surface area contributed by atoms with Crippen LogP contribution in [0.15, 0.2) is 0 Å². The summed E-state index contributed by atoms with van der Waals surface area (Å²) in [6, 6.07) is 0. The maximum Gasteiger partial charge on any atom is 0.0932 e. The Labute approximate surface area is 90.0 Å². The number of aromatic nitrogens is 1. The molecule has 0 spiro atoms. The summed E-state index contributed by atoms with van der Waals surface area (Å²) in [5.41, 5.74) is 0.990. The zero-order valence-corrected chi connectivity index (χ0v) is 10.2. The number of hydrogen-bond acceptors (Lipinski definition) is 3. The molecule has 1 heterocycles. The highest BCUT2D eigenvalue weighted by molar-refractivity contribution is 7.11. The van der Waals surface area contributed by atoms with E-state index in [-0.39, 0.29) is 6.10 Å². The maximum absolute atomic E-state index is 9.47. The molecule has 0 aliphatic rings. The van der Waals surface area contributed by atoms with Crippen LogP contribution in [0.25, 0.3) is 0 Å². The lowest BCUT2D eigenvalue weighted by Crippen LogP contribution is -1.91. The van der Waals surface area contributed by atoms with E-state index in [4.69, 9.17) is 0 Å². The standard InChI is InChI=1S/C11H19NOS/c1-7(2)5-6-10-12-8(3)11(14-10)9(4)13/h7,9,13H,5-6H2,1-4H3. The van der Waals surface area contributed by atoms with Gasteiger partial charge < -0.3 is 5.11 Å². The Hall–Kier alpha value is -0.410. The molecule has 14 heavy (non-hydrogen) atoms. The minimum Gasteiger partial charge on any atom is -0.388 e. The highest BCUT2D eigenvalue weighted by atomic mass is 32.1. The van der Waals surface area contributed by atoms with Crippen molar-refractivity contribution in [2.45, 2.75) is 46.6 Å². The molecular weight excluding hydrogens is 194 g/mol. The van der Waals surface area contributed by atoms with E-state index in [0.717, 1.165) is 22.0 Å². The van der Waals surface area contributed by atoms with Crippen molar-refractivity contribution in [3.8, 4) is 0 Å². The molecule has 1 rings (SSSR count). The molecule has 1 atom stereocenters. The van der Waals surface area contributed by atoms with Gasteiger partial charge in [-0.15, -0.1) is 11.3 Å². The van der Waals surface area contributed by atoms with Gasteiger partial charge in [0.2, 0.25) is 0 Å². The number of aliphatic hydroxyl groups is 1. The van der Waals surface area contributed by atoms with E-state index in [2.05, 4.69) is 18.8 Å². The summed E-state index contributed by atoms with van der Waals surface area (Å²) in [6.07, 6.45) is 1.84. The molecule has 0 bridgehead atoms. The predicted molar refractivity (Wildman–Crippen MR) is 60.6 cm³/mol. The molecule has 2 nitrogen and oxygen atoms in total. The third kappa shape index (κ3) is 3.07. The first kappa shape index (κ1) is 11.7. The summed E-state index contributed by atoms with van der Waals surface area (Å²) >= 11 is 1.65. The van der Waals surface area contributed by atoms with Crippen molar-refractivity contribution in [1.29, 1.82) is 0 Å². The van der Waals surface area contributed by atoms with Crippen molar-refractivity contribution in [1.82, 2.24) is 4.98 Å². The molecule has 0 saturated heterocycles. The first-order valence-electron chi connectivity index (χ1n) is 5.15. The number of aryl methyl sites for hydroxylation is 2. The molecule has 0 radical (unpaired) electrons. The van der Waals surface area contributed by atoms with Gasteiger partial charge in [0, 0.05) is 0 Å². The Morgan fingerprint density at radius 3 is 2.43 bits per heavy atom. The molecule has 0 amide bonds. The summed E-state index contributed by atoms with van der Waals surface area (Å²) in [6.45, 7) is 8.20. The van der Waals surface area contributed by atoms with Gasteiger partial charge in [0.1, 0.15) is 0 Å². The smallest absolute Gasteiger partial charge is 0.0932 e. The fourth-order valence-corrected chi connectivity index (χ4v) is 2.39. The van der Waals surface area contributed by atoms with Gasteiger partial charge in [0.05, 0.1) is 21.7 Å². The SMILES string of the molecule is Cc1nc(CCC(C)C)sc1C(C)O. The Morgan fingerprint density at radius 2 is 2.00 bits per heavy atom. The first-order valence-corrected chi connectivity index (χ1v) is 5.96. The van der Waals surface area contributed by atoms with Crippen molar-refractivity contribution < 1.29 is 5.11 Å². The third-order valence-corrected chi connectivity index (χ3v) is 3.58. The van der Waals surface area contributed by atoms with Gasteiger partial charge in [-0.25, -0.2) is 4.98 Å². The molecule has 0 aromatic carbocycles. The van der Waals surface area contributed by atoms with Crippen LogP contribution in [0.3, 0.4) is 0 Å². The van der Waals surface area contributed by atoms with Crippen LogP contribution in [0.2, 0.25) is 0 Å². The Balaban J connectivity index is 2.66. The van der Waals surface area contributed by atoms with Crippen LogP contribution in [0.1, 0.15) is 48.9 Å². The van der Waals surface area contributed by atoms with Crippen LogP contribution < -0.4 is 0 Å². The van der Waals surface area contributed by atoms with Crippen LogP contribution in [0.4, 0.5) is 0 Å². The molecular formula is C11H19NOS. The van der Waals surface area contributed by atoms with Gasteiger partial charge in [0.25, 0.3) is 0 Å². The van der Waals surface area contributed by atoms with E-state index in [1.807, 2.05) is 6.92 Å². The van der Waals surface area contributed by atoms with Gasteiger partial charge in [0.15, 0.2) is 0 Å². The second kappa shape index (κ2) is 4.89. The fourth-order valence-electron chi connectivity index (χ4n) is 1.37. The van der Waals surface area contributed by atoms with Crippen molar-refractivity contribution in [3.63, 3.8) is 0 Å². The highest BCUT2D eigenvalue weighted by Crippen LogP contribution is 2.25. The number of aliphatic hydroxyl groups excluding tert-OH is 1. The van der Waals surface area contributed by atoms with Crippen molar-refractivity contribution in [2.75, 3.05) is 0 Å². The second-order valence-electron chi connectivity index (χ2n) is 4.17. The number of rotatable bonds is 4. The predicted octanol–water partition coefficient (Wildman–Crippen LogP) is 3.09. The first-order chi connectivity index (χ1) is 6.50. The second-order valence-corrected chi connectivity index (χ2v) is 5.28.